The van der Waals surface area contributed by atoms with Gasteiger partial charge >= 0.3 is 12.1 Å². The molecular formula is C18H32N2O6. The third-order valence-corrected chi connectivity index (χ3v) is 5.43. The number of carbonyl (C=O) groups excluding carboxylic acids is 2. The lowest BCUT2D eigenvalue weighted by atomic mass is 9.78. The topological polar surface area (TPSA) is 116 Å². The second-order valence-electron chi connectivity index (χ2n) is 8.92. The van der Waals surface area contributed by atoms with E-state index in [1.807, 2.05) is 0 Å². The normalized spacial score (nSPS) is 29.3. The van der Waals surface area contributed by atoms with Crippen molar-refractivity contribution in [1.29, 1.82) is 0 Å². The molecule has 0 saturated carbocycles. The highest BCUT2D eigenvalue weighted by Crippen LogP contribution is 2.49. The Morgan fingerprint density at radius 2 is 1.77 bits per heavy atom. The Morgan fingerprint density at radius 3 is 2.12 bits per heavy atom. The Bertz CT molecular complexity index is 577. The fraction of sp³-hybridized carbons (Fsp3) is 0.833. The quantitative estimate of drug-likeness (QED) is 0.726. The third kappa shape index (κ3) is 3.51. The van der Waals surface area contributed by atoms with Gasteiger partial charge in [-0.2, -0.15) is 0 Å². The van der Waals surface area contributed by atoms with Crippen LogP contribution < -0.4 is 10.4 Å². The molecule has 0 radical (unpaired) electrons. The highest BCUT2D eigenvalue weighted by atomic mass is 16.6. The van der Waals surface area contributed by atoms with Crippen molar-refractivity contribution >= 4 is 18.2 Å². The highest BCUT2D eigenvalue weighted by Gasteiger charge is 2.70. The van der Waals surface area contributed by atoms with Crippen molar-refractivity contribution in [3.63, 3.8) is 0 Å². The Hall–Kier alpha value is -1.83. The molecule has 0 aromatic rings. The number of rotatable bonds is 4. The summed E-state index contributed by atoms with van der Waals surface area (Å²) in [5.74, 6) is -1.75. The Kier molecular flexibility index (Phi) is 6.03. The van der Waals surface area contributed by atoms with Gasteiger partial charge in [-0.1, -0.05) is 6.92 Å². The lowest BCUT2D eigenvalue weighted by molar-refractivity contribution is -0.947. The van der Waals surface area contributed by atoms with Gasteiger partial charge in [0.1, 0.15) is 5.60 Å². The van der Waals surface area contributed by atoms with Crippen molar-refractivity contribution in [3.05, 3.63) is 0 Å². The standard InChI is InChI=1S/C18H32N2O6/c1-8-18(13(21)22)12(11-19-14(23)26-17(5,6)7)9-10-20(18,15(24)25)16(2,3)4/h12H,8-11H2,1-7H3,(H2-,19,21,22,23,24,25)/t12-,18+,20?/m0/s1. The number of alkyl carbamates (subject to hydrolysis) is 1. The number of ether oxygens (including phenoxy) is 1. The molecule has 1 aliphatic rings. The first kappa shape index (κ1) is 22.2. The smallest absolute Gasteiger partial charge is 0.407 e. The molecule has 1 unspecified atom stereocenters. The van der Waals surface area contributed by atoms with Gasteiger partial charge in [0.15, 0.2) is 0 Å². The molecule has 0 aromatic carbocycles. The molecule has 1 rings (SSSR count). The maximum Gasteiger partial charge on any atom is 0.407 e. The average molecular weight is 372 g/mol. The predicted molar refractivity (Wildman–Crippen MR) is 93.3 cm³/mol. The van der Waals surface area contributed by atoms with Crippen molar-refractivity contribution < 1.29 is 33.8 Å². The molecule has 8 nitrogen and oxygen atoms in total. The Balaban J connectivity index is 3.25. The summed E-state index contributed by atoms with van der Waals surface area (Å²) in [6, 6.07) is 0. The van der Waals surface area contributed by atoms with Crippen molar-refractivity contribution in [3.8, 4) is 0 Å². The fourth-order valence-corrected chi connectivity index (χ4v) is 4.40. The van der Waals surface area contributed by atoms with Gasteiger partial charge in [0, 0.05) is 25.3 Å². The zero-order valence-corrected chi connectivity index (χ0v) is 16.8. The summed E-state index contributed by atoms with van der Waals surface area (Å²) in [5.41, 5.74) is -3.15. The van der Waals surface area contributed by atoms with Crippen LogP contribution in [0.15, 0.2) is 0 Å². The summed E-state index contributed by atoms with van der Waals surface area (Å²) in [5, 5.41) is 24.9. The number of amides is 2. The highest BCUT2D eigenvalue weighted by molar-refractivity contribution is 5.81. The molecule has 26 heavy (non-hydrogen) atoms. The zero-order chi connectivity index (χ0) is 20.6. The van der Waals surface area contributed by atoms with Crippen LogP contribution in [0.2, 0.25) is 0 Å². The van der Waals surface area contributed by atoms with Gasteiger partial charge in [-0.15, -0.1) is 0 Å². The zero-order valence-electron chi connectivity index (χ0n) is 16.8. The van der Waals surface area contributed by atoms with Gasteiger partial charge in [0.25, 0.3) is 6.09 Å². The van der Waals surface area contributed by atoms with Crippen LogP contribution in [-0.2, 0) is 9.53 Å². The predicted octanol–water partition coefficient (Wildman–Crippen LogP) is 1.72. The van der Waals surface area contributed by atoms with Crippen LogP contribution in [0.3, 0.4) is 0 Å². The monoisotopic (exact) mass is 372 g/mol. The van der Waals surface area contributed by atoms with Crippen LogP contribution in [0, 0.1) is 5.92 Å². The van der Waals surface area contributed by atoms with Gasteiger partial charge in [0.2, 0.25) is 5.54 Å². The Morgan fingerprint density at radius 1 is 1.23 bits per heavy atom. The van der Waals surface area contributed by atoms with E-state index in [9.17, 15) is 24.6 Å². The first-order chi connectivity index (χ1) is 11.7. The van der Waals surface area contributed by atoms with E-state index in [2.05, 4.69) is 5.32 Å². The summed E-state index contributed by atoms with van der Waals surface area (Å²) in [4.78, 5) is 36.5. The minimum Gasteiger partial charge on any atom is -0.498 e. The molecule has 8 heteroatoms. The number of hydrogen-bond donors (Lipinski definition) is 2. The van der Waals surface area contributed by atoms with Crippen LogP contribution >= 0.6 is 0 Å². The van der Waals surface area contributed by atoms with Crippen molar-refractivity contribution in [2.45, 2.75) is 78.0 Å². The minimum atomic E-state index is -1.59. The lowest BCUT2D eigenvalue weighted by Crippen LogP contribution is -2.78. The van der Waals surface area contributed by atoms with Gasteiger partial charge in [-0.05, 0) is 41.5 Å². The third-order valence-electron chi connectivity index (χ3n) is 5.43. The molecule has 3 atom stereocenters. The summed E-state index contributed by atoms with van der Waals surface area (Å²) in [6.07, 6.45) is -1.60. The first-order valence-corrected chi connectivity index (χ1v) is 8.95. The maximum absolute atomic E-state index is 12.4. The van der Waals surface area contributed by atoms with Gasteiger partial charge < -0.3 is 25.1 Å². The first-order valence-electron chi connectivity index (χ1n) is 8.95. The maximum atomic E-state index is 12.4. The van der Waals surface area contributed by atoms with Gasteiger partial charge in [-0.25, -0.2) is 9.59 Å². The fourth-order valence-electron chi connectivity index (χ4n) is 4.40. The summed E-state index contributed by atoms with van der Waals surface area (Å²) in [6.45, 7) is 12.1. The van der Waals surface area contributed by atoms with E-state index < -0.39 is 45.2 Å². The molecule has 0 spiro atoms. The number of nitrogens with one attached hydrogen (secondary N) is 1. The molecule has 2 amide bonds. The molecule has 0 aliphatic carbocycles. The molecular weight excluding hydrogens is 340 g/mol. The summed E-state index contributed by atoms with van der Waals surface area (Å²) in [7, 11) is 0. The molecule has 0 bridgehead atoms. The number of hydrogen-bond acceptors (Lipinski definition) is 5. The van der Waals surface area contributed by atoms with Crippen LogP contribution in [0.1, 0.15) is 61.3 Å². The number of likely N-dealkylation sites (tertiary alicyclic amines) is 1. The second kappa shape index (κ2) is 7.06. The van der Waals surface area contributed by atoms with Crippen LogP contribution in [0.5, 0.6) is 0 Å². The molecule has 2 N–H and O–H groups in total. The molecule has 1 heterocycles. The van der Waals surface area contributed by atoms with Crippen LogP contribution in [0.25, 0.3) is 0 Å². The van der Waals surface area contributed by atoms with E-state index in [1.165, 1.54) is 0 Å². The molecule has 0 aromatic heterocycles. The van der Waals surface area contributed by atoms with Gasteiger partial charge in [0.05, 0.1) is 12.1 Å². The summed E-state index contributed by atoms with van der Waals surface area (Å²) < 4.78 is 4.52. The summed E-state index contributed by atoms with van der Waals surface area (Å²) >= 11 is 0. The van der Waals surface area contributed by atoms with Crippen LogP contribution in [-0.4, -0.2) is 57.5 Å². The van der Waals surface area contributed by atoms with E-state index in [-0.39, 0.29) is 19.5 Å². The number of carboxylic acid groups (broad SMARTS) is 2. The van der Waals surface area contributed by atoms with Crippen molar-refractivity contribution in [1.82, 2.24) is 5.32 Å². The number of aliphatic carboxylic acids is 1. The molecule has 1 aliphatic heterocycles. The molecule has 150 valence electrons. The van der Waals surface area contributed by atoms with Crippen LogP contribution in [0.4, 0.5) is 9.59 Å². The van der Waals surface area contributed by atoms with E-state index in [4.69, 9.17) is 4.74 Å². The minimum absolute atomic E-state index is 0.0262. The van der Waals surface area contributed by atoms with E-state index in [0.29, 0.717) is 6.42 Å². The van der Waals surface area contributed by atoms with E-state index in [1.54, 1.807) is 48.5 Å². The second-order valence-corrected chi connectivity index (χ2v) is 8.92. The number of carboxylic acids is 1. The number of quaternary nitrogens is 1. The SMILES string of the molecule is CC[C@]1(C(=O)O)[C@H](CNC(=O)OC(C)(C)C)CC[N+]1(C(=O)[O-])C(C)(C)C. The lowest BCUT2D eigenvalue weighted by Gasteiger charge is -2.54. The van der Waals surface area contributed by atoms with E-state index >= 15 is 0 Å². The number of carbonyl (C=O) groups is 3. The Labute approximate surface area is 155 Å². The average Bonchev–Trinajstić information content (AvgIpc) is 2.79. The largest absolute Gasteiger partial charge is 0.498 e. The van der Waals surface area contributed by atoms with Gasteiger partial charge in [-0.3, -0.25) is 4.48 Å². The van der Waals surface area contributed by atoms with Crippen molar-refractivity contribution in [2.75, 3.05) is 13.1 Å². The molecule has 1 fully saturated rings. The number of nitrogens with zero attached hydrogens (tertiary/aromatic N) is 1. The van der Waals surface area contributed by atoms with Crippen molar-refractivity contribution in [2.24, 2.45) is 5.92 Å². The van der Waals surface area contributed by atoms with E-state index in [0.717, 1.165) is 0 Å². The molecule has 1 saturated heterocycles.